The zero-order valence-electron chi connectivity index (χ0n) is 32.6. The number of rotatable bonds is 40. The van der Waals surface area contributed by atoms with E-state index in [4.69, 9.17) is 9.84 Å². The topological polar surface area (TPSA) is 63.6 Å². The Balaban J connectivity index is 4.00. The lowest BCUT2D eigenvalue weighted by molar-refractivity contribution is -0.150. The lowest BCUT2D eigenvalue weighted by atomic mass is 10.0. The highest BCUT2D eigenvalue weighted by atomic mass is 16.5. The van der Waals surface area contributed by atoms with Gasteiger partial charge < -0.3 is 9.84 Å². The third kappa shape index (κ3) is 39.1. The summed E-state index contributed by atoms with van der Waals surface area (Å²) >= 11 is 0. The van der Waals surface area contributed by atoms with Crippen LogP contribution in [0.15, 0.2) is 12.2 Å². The van der Waals surface area contributed by atoms with Crippen molar-refractivity contribution in [3.05, 3.63) is 12.2 Å². The maximum absolute atomic E-state index is 12.7. The first kappa shape index (κ1) is 46.7. The number of unbranched alkanes of at least 4 members (excludes halogenated alkanes) is 29. The standard InChI is InChI=1S/C44H84O4/c1-3-5-7-9-11-13-15-17-19-20-22-24-26-28-33-37-41-44(47)48-42(39-35-31-29-32-36-40-43(45)46)38-34-30-27-25-23-21-18-16-14-12-10-8-6-4-2/h19-20,42H,3-18,21-41H2,1-2H3,(H,45,46)/b20-19-. The summed E-state index contributed by atoms with van der Waals surface area (Å²) < 4.78 is 6.02. The van der Waals surface area contributed by atoms with Crippen LogP contribution in [0.1, 0.15) is 251 Å². The maximum Gasteiger partial charge on any atom is 0.306 e. The average molecular weight is 677 g/mol. The molecule has 1 atom stereocenters. The summed E-state index contributed by atoms with van der Waals surface area (Å²) in [7, 11) is 0. The summed E-state index contributed by atoms with van der Waals surface area (Å²) in [6, 6.07) is 0. The molecule has 0 rings (SSSR count). The molecule has 0 bridgehead atoms. The number of hydrogen-bond acceptors (Lipinski definition) is 3. The number of aliphatic carboxylic acids is 1. The van der Waals surface area contributed by atoms with Gasteiger partial charge in [-0.15, -0.1) is 0 Å². The molecule has 0 aliphatic rings. The van der Waals surface area contributed by atoms with Crippen molar-refractivity contribution < 1.29 is 19.4 Å². The lowest BCUT2D eigenvalue weighted by Gasteiger charge is -2.18. The van der Waals surface area contributed by atoms with Crippen molar-refractivity contribution in [2.45, 2.75) is 258 Å². The summed E-state index contributed by atoms with van der Waals surface area (Å²) in [6.07, 6.45) is 49.5. The Morgan fingerprint density at radius 2 is 0.750 bits per heavy atom. The molecule has 0 saturated heterocycles. The minimum absolute atomic E-state index is 0.000110. The van der Waals surface area contributed by atoms with Crippen LogP contribution in [0, 0.1) is 0 Å². The van der Waals surface area contributed by atoms with Crippen LogP contribution in [0.3, 0.4) is 0 Å². The fraction of sp³-hybridized carbons (Fsp3) is 0.909. The van der Waals surface area contributed by atoms with Gasteiger partial charge in [0, 0.05) is 12.8 Å². The fourth-order valence-electron chi connectivity index (χ4n) is 6.77. The molecule has 0 aromatic rings. The molecule has 0 heterocycles. The van der Waals surface area contributed by atoms with E-state index in [9.17, 15) is 9.59 Å². The summed E-state index contributed by atoms with van der Waals surface area (Å²) in [5.41, 5.74) is 0. The summed E-state index contributed by atoms with van der Waals surface area (Å²) in [5.74, 6) is -0.697. The van der Waals surface area contributed by atoms with Gasteiger partial charge in [-0.25, -0.2) is 0 Å². The largest absolute Gasteiger partial charge is 0.481 e. The van der Waals surface area contributed by atoms with Crippen LogP contribution in [0.5, 0.6) is 0 Å². The van der Waals surface area contributed by atoms with Gasteiger partial charge in [-0.3, -0.25) is 9.59 Å². The van der Waals surface area contributed by atoms with E-state index >= 15 is 0 Å². The molecule has 284 valence electrons. The van der Waals surface area contributed by atoms with Crippen LogP contribution < -0.4 is 0 Å². The second-order valence-corrected chi connectivity index (χ2v) is 14.9. The van der Waals surface area contributed by atoms with E-state index in [1.165, 1.54) is 161 Å². The van der Waals surface area contributed by atoms with Gasteiger partial charge in [-0.05, 0) is 64.2 Å². The number of allylic oxidation sites excluding steroid dienone is 2. The molecule has 48 heavy (non-hydrogen) atoms. The van der Waals surface area contributed by atoms with E-state index < -0.39 is 5.97 Å². The highest BCUT2D eigenvalue weighted by molar-refractivity contribution is 5.69. The summed E-state index contributed by atoms with van der Waals surface area (Å²) in [4.78, 5) is 23.4. The molecule has 1 N–H and O–H groups in total. The van der Waals surface area contributed by atoms with Crippen molar-refractivity contribution in [3.63, 3.8) is 0 Å². The number of carboxylic acid groups (broad SMARTS) is 1. The third-order valence-electron chi connectivity index (χ3n) is 9.99. The van der Waals surface area contributed by atoms with Crippen LogP contribution in [0.25, 0.3) is 0 Å². The Morgan fingerprint density at radius 3 is 1.12 bits per heavy atom. The number of hydrogen-bond donors (Lipinski definition) is 1. The predicted octanol–water partition coefficient (Wildman–Crippen LogP) is 15.0. The molecule has 0 spiro atoms. The average Bonchev–Trinajstić information content (AvgIpc) is 3.07. The minimum Gasteiger partial charge on any atom is -0.481 e. The Morgan fingerprint density at radius 1 is 0.438 bits per heavy atom. The Hall–Kier alpha value is -1.32. The Bertz CT molecular complexity index is 687. The molecular weight excluding hydrogens is 592 g/mol. The number of carbonyl (C=O) groups is 2. The molecule has 1 unspecified atom stereocenters. The second kappa shape index (κ2) is 40.1. The number of esters is 1. The normalized spacial score (nSPS) is 12.2. The predicted molar refractivity (Wildman–Crippen MR) is 209 cm³/mol. The molecule has 4 heteroatoms. The molecule has 0 aliphatic carbocycles. The van der Waals surface area contributed by atoms with Crippen LogP contribution in [0.4, 0.5) is 0 Å². The van der Waals surface area contributed by atoms with Gasteiger partial charge in [0.15, 0.2) is 0 Å². The number of carbonyl (C=O) groups excluding carboxylic acids is 1. The maximum atomic E-state index is 12.7. The van der Waals surface area contributed by atoms with E-state index in [2.05, 4.69) is 26.0 Å². The van der Waals surface area contributed by atoms with Gasteiger partial charge >= 0.3 is 11.9 Å². The van der Waals surface area contributed by atoms with E-state index in [1.54, 1.807) is 0 Å². The molecule has 0 aromatic heterocycles. The second-order valence-electron chi connectivity index (χ2n) is 14.9. The van der Waals surface area contributed by atoms with Gasteiger partial charge in [0.05, 0.1) is 0 Å². The molecule has 0 aliphatic heterocycles. The van der Waals surface area contributed by atoms with Crippen LogP contribution in [0.2, 0.25) is 0 Å². The van der Waals surface area contributed by atoms with Crippen molar-refractivity contribution in [1.29, 1.82) is 0 Å². The van der Waals surface area contributed by atoms with Crippen molar-refractivity contribution in [2.75, 3.05) is 0 Å². The fourth-order valence-corrected chi connectivity index (χ4v) is 6.77. The first-order valence-electron chi connectivity index (χ1n) is 21.7. The molecule has 0 amide bonds. The van der Waals surface area contributed by atoms with Crippen molar-refractivity contribution in [2.24, 2.45) is 0 Å². The quantitative estimate of drug-likeness (QED) is 0.0398. The van der Waals surface area contributed by atoms with Crippen LogP contribution in [-0.4, -0.2) is 23.1 Å². The van der Waals surface area contributed by atoms with Crippen LogP contribution >= 0.6 is 0 Å². The van der Waals surface area contributed by atoms with E-state index in [0.29, 0.717) is 6.42 Å². The van der Waals surface area contributed by atoms with Gasteiger partial charge in [-0.1, -0.05) is 187 Å². The summed E-state index contributed by atoms with van der Waals surface area (Å²) in [5, 5.41) is 8.83. The zero-order chi connectivity index (χ0) is 35.0. The van der Waals surface area contributed by atoms with Gasteiger partial charge in [0.2, 0.25) is 0 Å². The first-order valence-corrected chi connectivity index (χ1v) is 21.7. The first-order chi connectivity index (χ1) is 23.6. The van der Waals surface area contributed by atoms with Crippen molar-refractivity contribution in [1.82, 2.24) is 0 Å². The van der Waals surface area contributed by atoms with Crippen molar-refractivity contribution >= 4 is 11.9 Å². The molecule has 0 aromatic carbocycles. The molecular formula is C44H84O4. The van der Waals surface area contributed by atoms with E-state index in [1.807, 2.05) is 0 Å². The van der Waals surface area contributed by atoms with E-state index in [-0.39, 0.29) is 18.5 Å². The van der Waals surface area contributed by atoms with Crippen molar-refractivity contribution in [3.8, 4) is 0 Å². The Labute approximate surface area is 300 Å². The SMILES string of the molecule is CCCCCCCCC/C=C\CCCCCCCC(=O)OC(CCCCCCCCCCCCCCCC)CCCCCCCC(=O)O. The summed E-state index contributed by atoms with van der Waals surface area (Å²) in [6.45, 7) is 4.56. The van der Waals surface area contributed by atoms with Crippen LogP contribution in [-0.2, 0) is 14.3 Å². The molecule has 0 fully saturated rings. The highest BCUT2D eigenvalue weighted by Crippen LogP contribution is 2.19. The number of carboxylic acids is 1. The smallest absolute Gasteiger partial charge is 0.306 e. The monoisotopic (exact) mass is 677 g/mol. The molecule has 0 radical (unpaired) electrons. The highest BCUT2D eigenvalue weighted by Gasteiger charge is 2.14. The third-order valence-corrected chi connectivity index (χ3v) is 9.99. The Kier molecular flexibility index (Phi) is 39.0. The zero-order valence-corrected chi connectivity index (χ0v) is 32.6. The molecule has 0 saturated carbocycles. The number of ether oxygens (including phenoxy) is 1. The van der Waals surface area contributed by atoms with Gasteiger partial charge in [-0.2, -0.15) is 0 Å². The molecule has 4 nitrogen and oxygen atoms in total. The van der Waals surface area contributed by atoms with Gasteiger partial charge in [0.25, 0.3) is 0 Å². The lowest BCUT2D eigenvalue weighted by Crippen LogP contribution is -2.18. The minimum atomic E-state index is -0.698. The van der Waals surface area contributed by atoms with E-state index in [0.717, 1.165) is 64.2 Å². The van der Waals surface area contributed by atoms with Gasteiger partial charge in [0.1, 0.15) is 6.10 Å².